The van der Waals surface area contributed by atoms with Crippen LogP contribution in [0.25, 0.3) is 0 Å². The summed E-state index contributed by atoms with van der Waals surface area (Å²) in [6.45, 7) is 8.34. The van der Waals surface area contributed by atoms with E-state index in [1.54, 1.807) is 6.92 Å². The first-order chi connectivity index (χ1) is 14.7. The Hall–Kier alpha value is -2.63. The van der Waals surface area contributed by atoms with Crippen LogP contribution >= 0.6 is 0 Å². The van der Waals surface area contributed by atoms with E-state index < -0.39 is 31.7 Å². The minimum absolute atomic E-state index is 0.111. The summed E-state index contributed by atoms with van der Waals surface area (Å²) >= 11 is 0. The van der Waals surface area contributed by atoms with Crippen LogP contribution in [0.3, 0.4) is 0 Å². The molecule has 0 aliphatic heterocycles. The van der Waals surface area contributed by atoms with Crippen LogP contribution in [0.2, 0.25) is 5.04 Å². The van der Waals surface area contributed by atoms with E-state index >= 15 is 0 Å². The zero-order valence-corrected chi connectivity index (χ0v) is 19.4. The zero-order valence-electron chi connectivity index (χ0n) is 18.4. The van der Waals surface area contributed by atoms with Gasteiger partial charge in [-0.25, -0.2) is 8.78 Å². The molecule has 162 valence electrons. The number of benzene rings is 3. The monoisotopic (exact) mass is 438 g/mol. The number of carbonyl (C=O) groups excluding carboxylic acids is 1. The highest BCUT2D eigenvalue weighted by Gasteiger charge is 2.50. The van der Waals surface area contributed by atoms with Crippen molar-refractivity contribution in [3.05, 3.63) is 96.1 Å². The first-order valence-electron chi connectivity index (χ1n) is 10.4. The third-order valence-corrected chi connectivity index (χ3v) is 10.6. The molecule has 0 aromatic heterocycles. The Morgan fingerprint density at radius 1 is 0.903 bits per heavy atom. The molecular weight excluding hydrogens is 410 g/mol. The summed E-state index contributed by atoms with van der Waals surface area (Å²) in [6.07, 6.45) is 0. The van der Waals surface area contributed by atoms with Gasteiger partial charge in [0.15, 0.2) is 5.78 Å². The minimum Gasteiger partial charge on any atom is -0.407 e. The van der Waals surface area contributed by atoms with Crippen molar-refractivity contribution in [3.8, 4) is 0 Å². The summed E-state index contributed by atoms with van der Waals surface area (Å²) in [4.78, 5) is 12.9. The molecule has 0 heterocycles. The van der Waals surface area contributed by atoms with Gasteiger partial charge in [0.1, 0.15) is 11.6 Å². The fourth-order valence-corrected chi connectivity index (χ4v) is 8.70. The molecule has 5 heteroatoms. The Kier molecular flexibility index (Phi) is 6.87. The van der Waals surface area contributed by atoms with Gasteiger partial charge in [0, 0.05) is 18.6 Å². The highest BCUT2D eigenvalue weighted by Crippen LogP contribution is 2.37. The third-order valence-electron chi connectivity index (χ3n) is 5.61. The molecular formula is C26H28F2O2Si. The second kappa shape index (κ2) is 9.24. The number of halogens is 2. The first-order valence-corrected chi connectivity index (χ1v) is 12.3. The van der Waals surface area contributed by atoms with Crippen molar-refractivity contribution in [2.45, 2.75) is 32.7 Å². The van der Waals surface area contributed by atoms with Crippen molar-refractivity contribution in [2.24, 2.45) is 5.92 Å². The predicted molar refractivity (Wildman–Crippen MR) is 123 cm³/mol. The number of Topliss-reactive ketones (excluding diaryl/α,β-unsaturated/α-hetero) is 1. The van der Waals surface area contributed by atoms with Crippen LogP contribution in [0.5, 0.6) is 0 Å². The van der Waals surface area contributed by atoms with Gasteiger partial charge >= 0.3 is 0 Å². The summed E-state index contributed by atoms with van der Waals surface area (Å²) in [6, 6.07) is 23.3. The SMILES string of the molecule is C[C@@H](CO[Si](c1ccccc1)(c1ccccc1)C(C)(C)C)C(=O)c1ccc(F)cc1F. The Bertz CT molecular complexity index is 991. The molecule has 0 aliphatic carbocycles. The van der Waals surface area contributed by atoms with Gasteiger partial charge in [-0.2, -0.15) is 0 Å². The molecule has 31 heavy (non-hydrogen) atoms. The normalized spacial score (nSPS) is 13.1. The topological polar surface area (TPSA) is 26.3 Å². The standard InChI is InChI=1S/C26H28F2O2Si/c1-19(25(29)23-16-15-20(27)17-24(23)28)18-30-31(26(2,3)4,21-11-7-5-8-12-21)22-13-9-6-10-14-22/h5-17,19H,18H2,1-4H3/t19-/m0/s1. The van der Waals surface area contributed by atoms with Crippen LogP contribution in [-0.4, -0.2) is 20.7 Å². The number of carbonyl (C=O) groups is 1. The molecule has 3 aromatic rings. The van der Waals surface area contributed by atoms with Crippen LogP contribution in [0.15, 0.2) is 78.9 Å². The lowest BCUT2D eigenvalue weighted by molar-refractivity contribution is 0.0880. The highest BCUT2D eigenvalue weighted by atomic mass is 28.4. The van der Waals surface area contributed by atoms with Crippen LogP contribution in [0.1, 0.15) is 38.1 Å². The number of ketones is 1. The van der Waals surface area contributed by atoms with Crippen molar-refractivity contribution in [1.29, 1.82) is 0 Å². The van der Waals surface area contributed by atoms with Crippen molar-refractivity contribution in [1.82, 2.24) is 0 Å². The van der Waals surface area contributed by atoms with Gasteiger partial charge in [-0.05, 0) is 27.5 Å². The average molecular weight is 439 g/mol. The maximum Gasteiger partial charge on any atom is 0.261 e. The van der Waals surface area contributed by atoms with Gasteiger partial charge in [-0.15, -0.1) is 0 Å². The second-order valence-corrected chi connectivity index (χ2v) is 13.2. The Labute approximate surface area is 184 Å². The molecule has 0 bridgehead atoms. The largest absolute Gasteiger partial charge is 0.407 e. The van der Waals surface area contributed by atoms with E-state index in [2.05, 4.69) is 45.0 Å². The van der Waals surface area contributed by atoms with E-state index in [0.29, 0.717) is 0 Å². The molecule has 0 saturated heterocycles. The molecule has 0 amide bonds. The van der Waals surface area contributed by atoms with Gasteiger partial charge < -0.3 is 4.43 Å². The zero-order chi connectivity index (χ0) is 22.6. The third kappa shape index (κ3) is 4.68. The molecule has 0 fully saturated rings. The van der Waals surface area contributed by atoms with Crippen molar-refractivity contribution in [2.75, 3.05) is 6.61 Å². The molecule has 3 aromatic carbocycles. The molecule has 0 radical (unpaired) electrons. The fourth-order valence-electron chi connectivity index (χ4n) is 4.04. The summed E-state index contributed by atoms with van der Waals surface area (Å²) in [5, 5.41) is 2.00. The van der Waals surface area contributed by atoms with Crippen molar-refractivity contribution < 1.29 is 18.0 Å². The minimum atomic E-state index is -2.79. The van der Waals surface area contributed by atoms with E-state index in [4.69, 9.17) is 4.43 Å². The molecule has 2 nitrogen and oxygen atoms in total. The van der Waals surface area contributed by atoms with Crippen LogP contribution in [0.4, 0.5) is 8.78 Å². The Balaban J connectivity index is 1.98. The van der Waals surface area contributed by atoms with Gasteiger partial charge in [0.25, 0.3) is 8.32 Å². The van der Waals surface area contributed by atoms with Crippen LogP contribution < -0.4 is 10.4 Å². The lowest BCUT2D eigenvalue weighted by atomic mass is 10.00. The lowest BCUT2D eigenvalue weighted by Gasteiger charge is -2.43. The molecule has 0 spiro atoms. The predicted octanol–water partition coefficient (Wildman–Crippen LogP) is 5.36. The Morgan fingerprint density at radius 2 is 1.42 bits per heavy atom. The summed E-state index contributed by atoms with van der Waals surface area (Å²) in [7, 11) is -2.79. The van der Waals surface area contributed by atoms with Crippen LogP contribution in [-0.2, 0) is 4.43 Å². The molecule has 3 rings (SSSR count). The van der Waals surface area contributed by atoms with E-state index in [0.717, 1.165) is 22.5 Å². The van der Waals surface area contributed by atoms with Gasteiger partial charge in [0.05, 0.1) is 5.56 Å². The fraction of sp³-hybridized carbons (Fsp3) is 0.269. The maximum atomic E-state index is 14.2. The van der Waals surface area contributed by atoms with E-state index in [-0.39, 0.29) is 17.2 Å². The number of hydrogen-bond donors (Lipinski definition) is 0. The van der Waals surface area contributed by atoms with E-state index in [1.165, 1.54) is 6.07 Å². The molecule has 0 N–H and O–H groups in total. The van der Waals surface area contributed by atoms with E-state index in [1.807, 2.05) is 36.4 Å². The second-order valence-electron chi connectivity index (χ2n) is 8.86. The summed E-state index contributed by atoms with van der Waals surface area (Å²) < 4.78 is 34.2. The van der Waals surface area contributed by atoms with Crippen molar-refractivity contribution in [3.63, 3.8) is 0 Å². The number of hydrogen-bond acceptors (Lipinski definition) is 2. The highest BCUT2D eigenvalue weighted by molar-refractivity contribution is 6.99. The summed E-state index contributed by atoms with van der Waals surface area (Å²) in [5.74, 6) is -2.52. The number of rotatable bonds is 7. The van der Waals surface area contributed by atoms with Crippen molar-refractivity contribution >= 4 is 24.5 Å². The molecule has 0 aliphatic rings. The smallest absolute Gasteiger partial charge is 0.261 e. The van der Waals surface area contributed by atoms with Crippen LogP contribution in [0, 0.1) is 17.6 Å². The maximum absolute atomic E-state index is 14.2. The van der Waals surface area contributed by atoms with Gasteiger partial charge in [-0.3, -0.25) is 4.79 Å². The molecule has 0 saturated carbocycles. The van der Waals surface area contributed by atoms with Gasteiger partial charge in [-0.1, -0.05) is 88.4 Å². The quantitative estimate of drug-likeness (QED) is 0.367. The molecule has 1 atom stereocenters. The molecule has 0 unspecified atom stereocenters. The van der Waals surface area contributed by atoms with E-state index in [9.17, 15) is 13.6 Å². The van der Waals surface area contributed by atoms with Gasteiger partial charge in [0.2, 0.25) is 0 Å². The Morgan fingerprint density at radius 3 is 1.87 bits per heavy atom. The lowest BCUT2D eigenvalue weighted by Crippen LogP contribution is -2.67. The average Bonchev–Trinajstić information content (AvgIpc) is 2.74. The first kappa shape index (κ1) is 23.0. The summed E-state index contributed by atoms with van der Waals surface area (Å²) in [5.41, 5.74) is -0.111.